The van der Waals surface area contributed by atoms with Crippen molar-refractivity contribution in [2.24, 2.45) is 7.05 Å². The number of carbonyl (C=O) groups is 1. The maximum Gasteiger partial charge on any atom is 0.490 e. The Morgan fingerprint density at radius 2 is 2.12 bits per heavy atom. The van der Waals surface area contributed by atoms with Gasteiger partial charge < -0.3 is 14.6 Å². The molecule has 25 heavy (non-hydrogen) atoms. The third-order valence-corrected chi connectivity index (χ3v) is 4.32. The summed E-state index contributed by atoms with van der Waals surface area (Å²) in [6, 6.07) is 0.580. The standard InChI is InChI=1S/C13H21N3O2.C2HF3O2/c1-15-12-8-16(10-5-7-18-9-10)6-3-4-11(12)13(14-15)17-2;3-2(4,5)1(6)7/h10H,3-9H2,1-2H3;(H,6,7). The van der Waals surface area contributed by atoms with Crippen molar-refractivity contribution >= 4 is 5.97 Å². The summed E-state index contributed by atoms with van der Waals surface area (Å²) in [6.45, 7) is 3.90. The normalized spacial score (nSPS) is 21.1. The van der Waals surface area contributed by atoms with Crippen molar-refractivity contribution in [3.05, 3.63) is 11.3 Å². The number of aryl methyl sites for hydroxylation is 1. The van der Waals surface area contributed by atoms with Crippen molar-refractivity contribution < 1.29 is 32.5 Å². The molecule has 7 nitrogen and oxygen atoms in total. The van der Waals surface area contributed by atoms with Gasteiger partial charge in [-0.15, -0.1) is 5.10 Å². The molecule has 1 saturated heterocycles. The molecule has 0 spiro atoms. The van der Waals surface area contributed by atoms with Crippen molar-refractivity contribution in [1.29, 1.82) is 0 Å². The number of nitrogens with zero attached hydrogens (tertiary/aromatic N) is 3. The minimum atomic E-state index is -5.08. The highest BCUT2D eigenvalue weighted by molar-refractivity contribution is 5.73. The van der Waals surface area contributed by atoms with Crippen LogP contribution in [0.2, 0.25) is 0 Å². The lowest BCUT2D eigenvalue weighted by atomic mass is 10.1. The van der Waals surface area contributed by atoms with E-state index in [-0.39, 0.29) is 0 Å². The molecule has 142 valence electrons. The fourth-order valence-corrected chi connectivity index (χ4v) is 3.04. The van der Waals surface area contributed by atoms with Crippen LogP contribution in [0.25, 0.3) is 0 Å². The summed E-state index contributed by atoms with van der Waals surface area (Å²) in [5, 5.41) is 11.6. The first-order valence-electron chi connectivity index (χ1n) is 7.94. The van der Waals surface area contributed by atoms with Crippen LogP contribution in [0.5, 0.6) is 5.88 Å². The number of rotatable bonds is 2. The van der Waals surface area contributed by atoms with Crippen molar-refractivity contribution in [3.8, 4) is 5.88 Å². The van der Waals surface area contributed by atoms with Gasteiger partial charge in [0.15, 0.2) is 0 Å². The summed E-state index contributed by atoms with van der Waals surface area (Å²) in [6.07, 6.45) is -1.69. The monoisotopic (exact) mass is 365 g/mol. The number of alkyl halides is 3. The van der Waals surface area contributed by atoms with E-state index in [1.54, 1.807) is 7.11 Å². The van der Waals surface area contributed by atoms with Gasteiger partial charge in [-0.3, -0.25) is 9.58 Å². The van der Waals surface area contributed by atoms with Crippen LogP contribution < -0.4 is 4.74 Å². The highest BCUT2D eigenvalue weighted by atomic mass is 19.4. The molecule has 2 aliphatic heterocycles. The van der Waals surface area contributed by atoms with Gasteiger partial charge in [-0.1, -0.05) is 0 Å². The van der Waals surface area contributed by atoms with Crippen molar-refractivity contribution in [2.45, 2.75) is 38.0 Å². The number of ether oxygens (including phenoxy) is 2. The number of fused-ring (bicyclic) bond motifs is 1. The SMILES string of the molecule is COc1nn(C)c2c1CCCN(C1CCOC1)C2.O=C(O)C(F)(F)F. The predicted octanol–water partition coefficient (Wildman–Crippen LogP) is 1.60. The number of carboxylic acids is 1. The summed E-state index contributed by atoms with van der Waals surface area (Å²) in [5.41, 5.74) is 2.60. The topological polar surface area (TPSA) is 76.8 Å². The maximum atomic E-state index is 10.6. The van der Waals surface area contributed by atoms with E-state index < -0.39 is 12.1 Å². The van der Waals surface area contributed by atoms with Gasteiger partial charge in [-0.05, 0) is 25.8 Å². The van der Waals surface area contributed by atoms with Crippen LogP contribution in [-0.4, -0.2) is 64.8 Å². The Morgan fingerprint density at radius 3 is 2.64 bits per heavy atom. The number of halogens is 3. The van der Waals surface area contributed by atoms with Crippen LogP contribution >= 0.6 is 0 Å². The van der Waals surface area contributed by atoms with Crippen LogP contribution in [-0.2, 0) is 29.5 Å². The molecule has 0 aliphatic carbocycles. The smallest absolute Gasteiger partial charge is 0.480 e. The van der Waals surface area contributed by atoms with Gasteiger partial charge in [-0.2, -0.15) is 13.2 Å². The average molecular weight is 365 g/mol. The van der Waals surface area contributed by atoms with Crippen molar-refractivity contribution in [1.82, 2.24) is 14.7 Å². The largest absolute Gasteiger partial charge is 0.490 e. The number of carboxylic acid groups (broad SMARTS) is 1. The number of aliphatic carboxylic acids is 1. The number of hydrogen-bond acceptors (Lipinski definition) is 5. The van der Waals surface area contributed by atoms with Crippen molar-refractivity contribution in [3.63, 3.8) is 0 Å². The Labute approximate surface area is 143 Å². The lowest BCUT2D eigenvalue weighted by Crippen LogP contribution is -2.35. The van der Waals surface area contributed by atoms with Crippen LogP contribution in [0.4, 0.5) is 13.2 Å². The molecule has 0 radical (unpaired) electrons. The summed E-state index contributed by atoms with van der Waals surface area (Å²) in [7, 11) is 3.71. The minimum Gasteiger partial charge on any atom is -0.480 e. The second kappa shape index (κ2) is 8.05. The van der Waals surface area contributed by atoms with E-state index in [1.807, 2.05) is 11.7 Å². The first-order chi connectivity index (χ1) is 11.7. The third kappa shape index (κ3) is 4.85. The lowest BCUT2D eigenvalue weighted by Gasteiger charge is -2.26. The van der Waals surface area contributed by atoms with Crippen LogP contribution in [0, 0.1) is 0 Å². The molecular weight excluding hydrogens is 343 g/mol. The molecule has 1 aromatic rings. The zero-order chi connectivity index (χ0) is 18.6. The summed E-state index contributed by atoms with van der Waals surface area (Å²) >= 11 is 0. The highest BCUT2D eigenvalue weighted by Crippen LogP contribution is 2.28. The first-order valence-corrected chi connectivity index (χ1v) is 7.94. The molecule has 1 atom stereocenters. The molecule has 1 N–H and O–H groups in total. The van der Waals surface area contributed by atoms with E-state index in [4.69, 9.17) is 19.4 Å². The molecule has 10 heteroatoms. The Balaban J connectivity index is 0.000000277. The van der Waals surface area contributed by atoms with Gasteiger partial charge in [0.1, 0.15) is 0 Å². The second-order valence-corrected chi connectivity index (χ2v) is 5.95. The summed E-state index contributed by atoms with van der Waals surface area (Å²) in [5.74, 6) is -1.95. The molecule has 0 bridgehead atoms. The molecule has 3 rings (SSSR count). The molecule has 0 amide bonds. The zero-order valence-corrected chi connectivity index (χ0v) is 14.2. The molecule has 1 unspecified atom stereocenters. The fourth-order valence-electron chi connectivity index (χ4n) is 3.04. The number of hydrogen-bond donors (Lipinski definition) is 1. The van der Waals surface area contributed by atoms with Crippen LogP contribution in [0.15, 0.2) is 0 Å². The van der Waals surface area contributed by atoms with Gasteiger partial charge >= 0.3 is 12.1 Å². The number of aromatic nitrogens is 2. The Kier molecular flexibility index (Phi) is 6.28. The summed E-state index contributed by atoms with van der Waals surface area (Å²) in [4.78, 5) is 11.4. The maximum absolute atomic E-state index is 10.6. The fraction of sp³-hybridized carbons (Fsp3) is 0.733. The Hall–Kier alpha value is -1.81. The van der Waals surface area contributed by atoms with Gasteiger partial charge in [0.05, 0.1) is 19.4 Å². The van der Waals surface area contributed by atoms with E-state index in [2.05, 4.69) is 10.00 Å². The highest BCUT2D eigenvalue weighted by Gasteiger charge is 2.38. The summed E-state index contributed by atoms with van der Waals surface area (Å²) < 4.78 is 44.6. The van der Waals surface area contributed by atoms with E-state index in [9.17, 15) is 13.2 Å². The molecule has 3 heterocycles. The van der Waals surface area contributed by atoms with Gasteiger partial charge in [0.2, 0.25) is 5.88 Å². The molecule has 1 fully saturated rings. The van der Waals surface area contributed by atoms with E-state index in [0.29, 0.717) is 6.04 Å². The van der Waals surface area contributed by atoms with E-state index in [1.165, 1.54) is 17.7 Å². The van der Waals surface area contributed by atoms with Crippen molar-refractivity contribution in [2.75, 3.05) is 26.9 Å². The second-order valence-electron chi connectivity index (χ2n) is 5.95. The molecule has 0 aromatic carbocycles. The molecule has 2 aliphatic rings. The van der Waals surface area contributed by atoms with Gasteiger partial charge in [0, 0.05) is 31.8 Å². The Bertz CT molecular complexity index is 598. The minimum absolute atomic E-state index is 0.580. The quantitative estimate of drug-likeness (QED) is 0.858. The van der Waals surface area contributed by atoms with E-state index in [0.717, 1.165) is 45.0 Å². The van der Waals surface area contributed by atoms with E-state index >= 15 is 0 Å². The molecule has 0 saturated carbocycles. The lowest BCUT2D eigenvalue weighted by molar-refractivity contribution is -0.192. The number of methoxy groups -OCH3 is 1. The first kappa shape index (κ1) is 19.5. The van der Waals surface area contributed by atoms with Crippen LogP contribution in [0.3, 0.4) is 0 Å². The van der Waals surface area contributed by atoms with Crippen LogP contribution in [0.1, 0.15) is 24.1 Å². The Morgan fingerprint density at radius 1 is 1.44 bits per heavy atom. The average Bonchev–Trinajstić information content (AvgIpc) is 3.10. The third-order valence-electron chi connectivity index (χ3n) is 4.32. The molecule has 1 aromatic heterocycles. The van der Waals surface area contributed by atoms with Gasteiger partial charge in [0.25, 0.3) is 0 Å². The molecular formula is C15H22F3N3O4. The van der Waals surface area contributed by atoms with Gasteiger partial charge in [-0.25, -0.2) is 4.79 Å². The zero-order valence-electron chi connectivity index (χ0n) is 14.2. The predicted molar refractivity (Wildman–Crippen MR) is 81.4 cm³/mol.